The zero-order chi connectivity index (χ0) is 44.4. The smallest absolute Gasteiger partial charge is 0.326 e. The van der Waals surface area contributed by atoms with E-state index in [-0.39, 0.29) is 54.9 Å². The van der Waals surface area contributed by atoms with Crippen LogP contribution in [-0.2, 0) is 49.4 Å². The Morgan fingerprint density at radius 1 is 0.915 bits per heavy atom. The van der Waals surface area contributed by atoms with Crippen molar-refractivity contribution >= 4 is 29.6 Å². The first-order valence-corrected chi connectivity index (χ1v) is 21.0. The van der Waals surface area contributed by atoms with E-state index >= 15 is 0 Å². The van der Waals surface area contributed by atoms with Crippen LogP contribution in [0.25, 0.3) is 0 Å². The number of carboxylic acid groups (broad SMARTS) is 1. The summed E-state index contributed by atoms with van der Waals surface area (Å²) in [6.45, 7) is 15.3. The lowest BCUT2D eigenvalue weighted by Crippen LogP contribution is -2.60. The monoisotopic (exact) mass is 835 g/mol. The highest BCUT2D eigenvalue weighted by Gasteiger charge is 2.43. The fourth-order valence-electron chi connectivity index (χ4n) is 8.20. The SMILES string of the molecule is CC[C@H](C)[C@@H]([C@@H](CC(=O)N1CCC[C@H]1[C@H](OC)[C@@H](C)C(=O)N[C@@H](Cc1ccccc1)C(=O)O)OC)N(C)C(=O)[C@@H](NC(=O)[C@H](C(C)C)N(C)CCOCCON)C(C)C. The molecule has 1 aliphatic rings. The van der Waals surface area contributed by atoms with Gasteiger partial charge in [0, 0.05) is 40.8 Å². The summed E-state index contributed by atoms with van der Waals surface area (Å²) in [6, 6.07) is 5.62. The van der Waals surface area contributed by atoms with E-state index in [0.29, 0.717) is 45.6 Å². The number of carboxylic acids is 1. The van der Waals surface area contributed by atoms with Crippen molar-refractivity contribution in [2.45, 2.75) is 123 Å². The van der Waals surface area contributed by atoms with Gasteiger partial charge in [-0.2, -0.15) is 0 Å². The summed E-state index contributed by atoms with van der Waals surface area (Å²) in [5.74, 6) is 1.55. The molecule has 0 unspecified atom stereocenters. The van der Waals surface area contributed by atoms with Gasteiger partial charge in [0.05, 0.1) is 62.5 Å². The molecule has 2 rings (SSSR count). The van der Waals surface area contributed by atoms with Gasteiger partial charge in [-0.25, -0.2) is 10.7 Å². The number of benzene rings is 1. The Labute approximate surface area is 352 Å². The summed E-state index contributed by atoms with van der Waals surface area (Å²) in [7, 11) is 6.57. The maximum absolute atomic E-state index is 14.4. The zero-order valence-corrected chi connectivity index (χ0v) is 37.3. The molecule has 1 heterocycles. The van der Waals surface area contributed by atoms with E-state index in [0.717, 1.165) is 5.56 Å². The van der Waals surface area contributed by atoms with Crippen LogP contribution in [0, 0.1) is 23.7 Å². The molecule has 0 aromatic heterocycles. The van der Waals surface area contributed by atoms with Gasteiger partial charge < -0.3 is 44.6 Å². The number of rotatable bonds is 27. The van der Waals surface area contributed by atoms with Gasteiger partial charge in [-0.05, 0) is 43.2 Å². The van der Waals surface area contributed by atoms with Crippen molar-refractivity contribution in [1.82, 2.24) is 25.3 Å². The number of methoxy groups -OCH3 is 2. The minimum atomic E-state index is -1.15. The second-order valence-corrected chi connectivity index (χ2v) is 16.6. The number of nitrogens with zero attached hydrogens (tertiary/aromatic N) is 3. The van der Waals surface area contributed by atoms with Gasteiger partial charge in [-0.1, -0.05) is 85.2 Å². The van der Waals surface area contributed by atoms with Gasteiger partial charge in [-0.3, -0.25) is 24.1 Å². The van der Waals surface area contributed by atoms with Crippen molar-refractivity contribution < 1.29 is 48.1 Å². The van der Waals surface area contributed by atoms with Crippen molar-refractivity contribution in [3.63, 3.8) is 0 Å². The van der Waals surface area contributed by atoms with Gasteiger partial charge in [0.15, 0.2) is 0 Å². The summed E-state index contributed by atoms with van der Waals surface area (Å²) in [5, 5.41) is 15.6. The molecule has 16 heteroatoms. The van der Waals surface area contributed by atoms with E-state index in [1.807, 2.05) is 83.8 Å². The first kappa shape index (κ1) is 51.5. The maximum atomic E-state index is 14.4. The number of likely N-dealkylation sites (N-methyl/N-ethyl adjacent to an activating group) is 2. The quantitative estimate of drug-likeness (QED) is 0.0747. The molecule has 4 amide bonds. The van der Waals surface area contributed by atoms with Crippen LogP contribution in [0.5, 0.6) is 0 Å². The zero-order valence-electron chi connectivity index (χ0n) is 37.3. The van der Waals surface area contributed by atoms with Crippen LogP contribution in [0.4, 0.5) is 0 Å². The second kappa shape index (κ2) is 25.8. The highest BCUT2D eigenvalue weighted by molar-refractivity contribution is 5.90. The Balaban J connectivity index is 2.25. The molecule has 0 bridgehead atoms. The lowest BCUT2D eigenvalue weighted by atomic mass is 9.89. The van der Waals surface area contributed by atoms with Crippen LogP contribution in [0.15, 0.2) is 30.3 Å². The normalized spacial score (nSPS) is 18.5. The van der Waals surface area contributed by atoms with Crippen LogP contribution in [0.3, 0.4) is 0 Å². The molecule has 0 spiro atoms. The molecular formula is C43H74N6O10. The Hall–Kier alpha value is -3.67. The molecule has 0 aliphatic carbocycles. The number of nitrogens with one attached hydrogen (secondary N) is 2. The number of carbonyl (C=O) groups is 5. The highest BCUT2D eigenvalue weighted by atomic mass is 16.6. The first-order valence-electron chi connectivity index (χ1n) is 21.0. The predicted molar refractivity (Wildman–Crippen MR) is 225 cm³/mol. The summed E-state index contributed by atoms with van der Waals surface area (Å²) in [6.07, 6.45) is 0.680. The average Bonchev–Trinajstić information content (AvgIpc) is 3.68. The lowest BCUT2D eigenvalue weighted by molar-refractivity contribution is -0.148. The lowest BCUT2D eigenvalue weighted by Gasteiger charge is -2.41. The predicted octanol–water partition coefficient (Wildman–Crippen LogP) is 2.72. The maximum Gasteiger partial charge on any atom is 0.326 e. The molecule has 16 nitrogen and oxygen atoms in total. The fraction of sp³-hybridized carbons (Fsp3) is 0.744. The van der Waals surface area contributed by atoms with E-state index in [2.05, 4.69) is 15.5 Å². The summed E-state index contributed by atoms with van der Waals surface area (Å²) in [5.41, 5.74) is 0.778. The number of ether oxygens (including phenoxy) is 3. The topological polar surface area (TPSA) is 202 Å². The number of hydrogen-bond acceptors (Lipinski definition) is 11. The van der Waals surface area contributed by atoms with Crippen LogP contribution in [0.1, 0.15) is 79.7 Å². The van der Waals surface area contributed by atoms with Gasteiger partial charge in [0.25, 0.3) is 0 Å². The molecule has 0 saturated carbocycles. The molecule has 1 aromatic carbocycles. The van der Waals surface area contributed by atoms with Crippen molar-refractivity contribution in [3.05, 3.63) is 35.9 Å². The van der Waals surface area contributed by atoms with E-state index in [9.17, 15) is 29.1 Å². The molecular weight excluding hydrogens is 761 g/mol. The summed E-state index contributed by atoms with van der Waals surface area (Å²) in [4.78, 5) is 78.0. The van der Waals surface area contributed by atoms with Gasteiger partial charge >= 0.3 is 5.97 Å². The standard InChI is InChI=1S/C43H74N6O10/c1-12-29(6)38(48(9)42(53)36(27(2)3)46-41(52)37(28(4)5)47(8)21-22-58-23-24-59-44)34(56-10)26-35(50)49-20-16-19-33(49)39(57-11)30(7)40(51)45-32(43(54)55)25-31-17-14-13-15-18-31/h13-15,17-18,27-30,32-34,36-39H,12,16,19-26,44H2,1-11H3,(H,45,51)(H,46,52)(H,54,55)/t29-,30+,32-,33-,34+,36-,37-,38-,39+/m0/s1. The van der Waals surface area contributed by atoms with Crippen molar-refractivity contribution in [1.29, 1.82) is 0 Å². The number of aliphatic carboxylic acids is 1. The van der Waals surface area contributed by atoms with Gasteiger partial charge in [0.2, 0.25) is 23.6 Å². The summed E-state index contributed by atoms with van der Waals surface area (Å²) < 4.78 is 17.5. The highest BCUT2D eigenvalue weighted by Crippen LogP contribution is 2.30. The van der Waals surface area contributed by atoms with Crippen LogP contribution in [-0.4, -0.2) is 153 Å². The van der Waals surface area contributed by atoms with E-state index in [4.69, 9.17) is 20.1 Å². The number of likely N-dealkylation sites (tertiary alicyclic amines) is 1. The first-order chi connectivity index (χ1) is 27.9. The Kier molecular flexibility index (Phi) is 22.5. The number of hydrogen-bond donors (Lipinski definition) is 4. The van der Waals surface area contributed by atoms with Crippen molar-refractivity contribution in [3.8, 4) is 0 Å². The molecule has 9 atom stereocenters. The third kappa shape index (κ3) is 15.1. The number of carbonyl (C=O) groups excluding carboxylic acids is 4. The molecule has 1 aromatic rings. The minimum Gasteiger partial charge on any atom is -0.480 e. The number of nitrogens with two attached hydrogens (primary N) is 1. The molecule has 1 saturated heterocycles. The minimum absolute atomic E-state index is 0.0345. The summed E-state index contributed by atoms with van der Waals surface area (Å²) >= 11 is 0. The second-order valence-electron chi connectivity index (χ2n) is 16.6. The van der Waals surface area contributed by atoms with E-state index in [1.54, 1.807) is 23.8 Å². The van der Waals surface area contributed by atoms with Crippen LogP contribution >= 0.6 is 0 Å². The molecule has 0 radical (unpaired) electrons. The molecule has 59 heavy (non-hydrogen) atoms. The van der Waals surface area contributed by atoms with Gasteiger partial charge in [0.1, 0.15) is 12.1 Å². The molecule has 1 aliphatic heterocycles. The van der Waals surface area contributed by atoms with Gasteiger partial charge in [-0.15, -0.1) is 0 Å². The fourth-order valence-corrected chi connectivity index (χ4v) is 8.20. The molecule has 336 valence electrons. The Morgan fingerprint density at radius 2 is 1.58 bits per heavy atom. The average molecular weight is 835 g/mol. The van der Waals surface area contributed by atoms with Crippen LogP contribution < -0.4 is 16.5 Å². The Bertz CT molecular complexity index is 1450. The number of amides is 4. The van der Waals surface area contributed by atoms with E-state index < -0.39 is 60.2 Å². The van der Waals surface area contributed by atoms with Crippen molar-refractivity contribution in [2.24, 2.45) is 29.6 Å². The van der Waals surface area contributed by atoms with Crippen molar-refractivity contribution in [2.75, 3.05) is 61.2 Å². The Morgan fingerprint density at radius 3 is 2.12 bits per heavy atom. The van der Waals surface area contributed by atoms with E-state index in [1.165, 1.54) is 14.2 Å². The van der Waals surface area contributed by atoms with Crippen LogP contribution in [0.2, 0.25) is 0 Å². The third-order valence-corrected chi connectivity index (χ3v) is 11.7. The largest absolute Gasteiger partial charge is 0.480 e. The molecule has 5 N–H and O–H groups in total. The third-order valence-electron chi connectivity index (χ3n) is 11.7. The molecule has 1 fully saturated rings.